The van der Waals surface area contributed by atoms with Gasteiger partial charge in [0, 0.05) is 17.7 Å². The molecule has 0 radical (unpaired) electrons. The number of halogens is 3. The standard InChI is InChI=1S/C19H26Cl3NO2/c1-4-13-7-6-8-14(5-2)16(13)23-17(24)15(20)11-25-10-9-18(3)12-19(18,21)22/h6-8,15H,4-5,9-12H2,1-3H3,(H,23,24). The normalized spacial score (nSPS) is 22.5. The summed E-state index contributed by atoms with van der Waals surface area (Å²) in [5.41, 5.74) is 3.00. The van der Waals surface area contributed by atoms with Crippen LogP contribution in [0.15, 0.2) is 18.2 Å². The molecule has 1 aliphatic carbocycles. The molecule has 1 aromatic rings. The Morgan fingerprint density at radius 3 is 2.32 bits per heavy atom. The van der Waals surface area contributed by atoms with E-state index < -0.39 is 9.71 Å². The topological polar surface area (TPSA) is 38.3 Å². The first-order valence-electron chi connectivity index (χ1n) is 8.75. The fourth-order valence-corrected chi connectivity index (χ4v) is 3.80. The van der Waals surface area contributed by atoms with Gasteiger partial charge < -0.3 is 10.1 Å². The molecular weight excluding hydrogens is 381 g/mol. The van der Waals surface area contributed by atoms with Gasteiger partial charge in [-0.05, 0) is 36.8 Å². The van der Waals surface area contributed by atoms with E-state index in [9.17, 15) is 4.79 Å². The van der Waals surface area contributed by atoms with Gasteiger partial charge in [-0.3, -0.25) is 4.79 Å². The Morgan fingerprint density at radius 1 is 1.28 bits per heavy atom. The molecule has 0 aliphatic heterocycles. The second-order valence-electron chi connectivity index (χ2n) is 6.88. The molecule has 0 spiro atoms. The van der Waals surface area contributed by atoms with Crippen LogP contribution < -0.4 is 5.32 Å². The number of rotatable bonds is 9. The van der Waals surface area contributed by atoms with Crippen molar-refractivity contribution in [3.8, 4) is 0 Å². The predicted octanol–water partition coefficient (Wildman–Crippen LogP) is 5.35. The van der Waals surface area contributed by atoms with Gasteiger partial charge >= 0.3 is 0 Å². The molecular formula is C19H26Cl3NO2. The minimum absolute atomic E-state index is 0.101. The summed E-state index contributed by atoms with van der Waals surface area (Å²) in [5, 5.41) is 2.23. The van der Waals surface area contributed by atoms with Crippen LogP contribution in [0.4, 0.5) is 5.69 Å². The molecule has 1 aromatic carbocycles. The molecule has 1 aliphatic rings. The largest absolute Gasteiger partial charge is 0.379 e. The molecule has 2 unspecified atom stereocenters. The summed E-state index contributed by atoms with van der Waals surface area (Å²) < 4.78 is 4.92. The molecule has 6 heteroatoms. The molecule has 3 nitrogen and oxygen atoms in total. The zero-order valence-corrected chi connectivity index (χ0v) is 17.3. The molecule has 1 amide bonds. The van der Waals surface area contributed by atoms with E-state index in [1.807, 2.05) is 25.1 Å². The number of anilines is 1. The highest BCUT2D eigenvalue weighted by Crippen LogP contribution is 2.65. The van der Waals surface area contributed by atoms with Gasteiger partial charge in [0.05, 0.1) is 6.61 Å². The Balaban J connectivity index is 1.83. The van der Waals surface area contributed by atoms with Gasteiger partial charge in [-0.15, -0.1) is 34.8 Å². The van der Waals surface area contributed by atoms with Crippen molar-refractivity contribution in [3.05, 3.63) is 29.3 Å². The molecule has 0 heterocycles. The lowest BCUT2D eigenvalue weighted by Crippen LogP contribution is -2.28. The quantitative estimate of drug-likeness (QED) is 0.443. The Labute approximate surface area is 165 Å². The van der Waals surface area contributed by atoms with Crippen LogP contribution in [0.25, 0.3) is 0 Å². The lowest BCUT2D eigenvalue weighted by Gasteiger charge is -2.17. The monoisotopic (exact) mass is 405 g/mol. The number of aryl methyl sites for hydroxylation is 2. The summed E-state index contributed by atoms with van der Waals surface area (Å²) in [5.74, 6) is -0.237. The Kier molecular flexibility index (Phi) is 7.06. The number of alkyl halides is 3. The maximum Gasteiger partial charge on any atom is 0.244 e. The molecule has 0 saturated heterocycles. The van der Waals surface area contributed by atoms with Crippen molar-refractivity contribution in [2.24, 2.45) is 5.41 Å². The van der Waals surface area contributed by atoms with Crippen molar-refractivity contribution < 1.29 is 9.53 Å². The van der Waals surface area contributed by atoms with E-state index in [1.165, 1.54) is 0 Å². The van der Waals surface area contributed by atoms with Gasteiger partial charge in [-0.25, -0.2) is 0 Å². The molecule has 1 N–H and O–H groups in total. The SMILES string of the molecule is CCc1cccc(CC)c1NC(=O)C(Cl)COCCC1(C)CC1(Cl)Cl. The zero-order chi connectivity index (χ0) is 18.7. The first kappa shape index (κ1) is 20.8. The van der Waals surface area contributed by atoms with Crippen LogP contribution in [0, 0.1) is 5.41 Å². The first-order chi connectivity index (χ1) is 11.7. The lowest BCUT2D eigenvalue weighted by atomic mass is 10.0. The molecule has 1 fully saturated rings. The highest BCUT2D eigenvalue weighted by Gasteiger charge is 2.62. The number of nitrogens with one attached hydrogen (secondary N) is 1. The van der Waals surface area contributed by atoms with Crippen LogP contribution in [0.1, 0.15) is 44.7 Å². The smallest absolute Gasteiger partial charge is 0.244 e. The Bertz CT molecular complexity index is 598. The highest BCUT2D eigenvalue weighted by molar-refractivity contribution is 6.51. The number of carbonyl (C=O) groups is 1. The van der Waals surface area contributed by atoms with E-state index in [-0.39, 0.29) is 17.9 Å². The van der Waals surface area contributed by atoms with Gasteiger partial charge in [0.15, 0.2) is 0 Å². The van der Waals surface area contributed by atoms with Crippen LogP contribution in [0.3, 0.4) is 0 Å². The molecule has 0 aromatic heterocycles. The second kappa shape index (κ2) is 8.47. The van der Waals surface area contributed by atoms with Crippen molar-refractivity contribution in [1.29, 1.82) is 0 Å². The number of benzene rings is 1. The number of carbonyl (C=O) groups excluding carboxylic acids is 1. The van der Waals surface area contributed by atoms with Crippen molar-refractivity contribution in [1.82, 2.24) is 0 Å². The fourth-order valence-electron chi connectivity index (χ4n) is 2.88. The van der Waals surface area contributed by atoms with E-state index in [0.717, 1.165) is 42.5 Å². The third-order valence-electron chi connectivity index (χ3n) is 4.96. The summed E-state index contributed by atoms with van der Waals surface area (Å²) in [6.07, 6.45) is 3.23. The van der Waals surface area contributed by atoms with Crippen LogP contribution in [-0.4, -0.2) is 28.8 Å². The molecule has 2 atom stereocenters. The van der Waals surface area contributed by atoms with Crippen molar-refractivity contribution in [2.45, 2.75) is 56.2 Å². The van der Waals surface area contributed by atoms with E-state index >= 15 is 0 Å². The number of amides is 1. The summed E-state index contributed by atoms with van der Waals surface area (Å²) in [6.45, 7) is 6.82. The molecule has 1 saturated carbocycles. The van der Waals surface area contributed by atoms with Gasteiger partial charge in [0.1, 0.15) is 9.71 Å². The van der Waals surface area contributed by atoms with Crippen molar-refractivity contribution >= 4 is 46.4 Å². The maximum absolute atomic E-state index is 12.4. The predicted molar refractivity (Wildman–Crippen MR) is 106 cm³/mol. The third-order valence-corrected chi connectivity index (χ3v) is 6.47. The van der Waals surface area contributed by atoms with Crippen LogP contribution in [-0.2, 0) is 22.4 Å². The summed E-state index contributed by atoms with van der Waals surface area (Å²) in [6, 6.07) is 6.06. The van der Waals surface area contributed by atoms with Gasteiger partial charge in [-0.1, -0.05) is 39.0 Å². The fraction of sp³-hybridized carbons (Fsp3) is 0.632. The number of hydrogen-bond donors (Lipinski definition) is 1. The van der Waals surface area contributed by atoms with Gasteiger partial charge in [-0.2, -0.15) is 0 Å². The molecule has 140 valence electrons. The van der Waals surface area contributed by atoms with E-state index in [1.54, 1.807) is 0 Å². The van der Waals surface area contributed by atoms with E-state index in [4.69, 9.17) is 39.5 Å². The first-order valence-corrected chi connectivity index (χ1v) is 9.94. The minimum Gasteiger partial charge on any atom is -0.379 e. The van der Waals surface area contributed by atoms with E-state index in [0.29, 0.717) is 6.61 Å². The van der Waals surface area contributed by atoms with Gasteiger partial charge in [0.25, 0.3) is 0 Å². The Morgan fingerprint density at radius 2 is 1.84 bits per heavy atom. The summed E-state index contributed by atoms with van der Waals surface area (Å²) in [7, 11) is 0. The maximum atomic E-state index is 12.4. The van der Waals surface area contributed by atoms with Crippen molar-refractivity contribution in [3.63, 3.8) is 0 Å². The Hall–Kier alpha value is -0.480. The summed E-state index contributed by atoms with van der Waals surface area (Å²) in [4.78, 5) is 12.4. The molecule has 0 bridgehead atoms. The number of hydrogen-bond acceptors (Lipinski definition) is 2. The minimum atomic E-state index is -0.738. The highest BCUT2D eigenvalue weighted by atomic mass is 35.5. The van der Waals surface area contributed by atoms with Gasteiger partial charge in [0.2, 0.25) is 5.91 Å². The van der Waals surface area contributed by atoms with Crippen LogP contribution in [0.2, 0.25) is 0 Å². The van der Waals surface area contributed by atoms with Crippen molar-refractivity contribution in [2.75, 3.05) is 18.5 Å². The van der Waals surface area contributed by atoms with E-state index in [2.05, 4.69) is 19.2 Å². The molecule has 2 rings (SSSR count). The lowest BCUT2D eigenvalue weighted by molar-refractivity contribution is -0.116. The third kappa shape index (κ3) is 5.03. The summed E-state index contributed by atoms with van der Waals surface area (Å²) >= 11 is 18.4. The second-order valence-corrected chi connectivity index (χ2v) is 8.89. The average Bonchev–Trinajstić information content (AvgIpc) is 3.09. The average molecular weight is 407 g/mol. The number of para-hydroxylation sites is 1. The van der Waals surface area contributed by atoms with Crippen LogP contribution >= 0.6 is 34.8 Å². The molecule has 25 heavy (non-hydrogen) atoms. The van der Waals surface area contributed by atoms with Crippen LogP contribution in [0.5, 0.6) is 0 Å². The number of ether oxygens (including phenoxy) is 1. The zero-order valence-electron chi connectivity index (χ0n) is 15.0.